The van der Waals surface area contributed by atoms with Crippen molar-refractivity contribution >= 4 is 40.6 Å². The summed E-state index contributed by atoms with van der Waals surface area (Å²) in [5.74, 6) is 0.110. The Morgan fingerprint density at radius 3 is 2.62 bits per heavy atom. The number of carbonyl (C=O) groups excluding carboxylic acids is 2. The lowest BCUT2D eigenvalue weighted by molar-refractivity contribution is 0.0644. The van der Waals surface area contributed by atoms with Gasteiger partial charge in [0.1, 0.15) is 0 Å². The van der Waals surface area contributed by atoms with Crippen molar-refractivity contribution in [2.75, 3.05) is 44.6 Å². The molecule has 1 fully saturated rings. The second kappa shape index (κ2) is 9.02. The number of hydrogen-bond acceptors (Lipinski definition) is 4. The summed E-state index contributed by atoms with van der Waals surface area (Å²) < 4.78 is 0. The lowest BCUT2D eigenvalue weighted by Gasteiger charge is -2.34. The topological polar surface area (TPSA) is 64.7 Å². The fourth-order valence-corrected chi connectivity index (χ4v) is 3.68. The van der Waals surface area contributed by atoms with Gasteiger partial charge in [-0.2, -0.15) is 0 Å². The van der Waals surface area contributed by atoms with E-state index in [9.17, 15) is 9.59 Å². The number of amides is 3. The summed E-state index contributed by atoms with van der Waals surface area (Å²) in [6, 6.07) is 10.5. The predicted molar refractivity (Wildman–Crippen MR) is 105 cm³/mol. The third kappa shape index (κ3) is 5.20. The van der Waals surface area contributed by atoms with Crippen LogP contribution < -0.4 is 10.6 Å². The summed E-state index contributed by atoms with van der Waals surface area (Å²) in [5, 5.41) is 8.10. The van der Waals surface area contributed by atoms with Crippen molar-refractivity contribution in [2.45, 2.75) is 0 Å². The van der Waals surface area contributed by atoms with Gasteiger partial charge < -0.3 is 15.5 Å². The van der Waals surface area contributed by atoms with Crippen molar-refractivity contribution in [3.05, 3.63) is 51.7 Å². The molecule has 0 bridgehead atoms. The number of anilines is 1. The zero-order valence-corrected chi connectivity index (χ0v) is 15.9. The van der Waals surface area contributed by atoms with Gasteiger partial charge in [-0.25, -0.2) is 4.79 Å². The number of hydrogen-bond donors (Lipinski definition) is 2. The molecule has 0 aliphatic carbocycles. The van der Waals surface area contributed by atoms with E-state index < -0.39 is 0 Å². The number of piperazine rings is 1. The molecule has 0 radical (unpaired) electrons. The Kier molecular flexibility index (Phi) is 6.49. The van der Waals surface area contributed by atoms with Crippen molar-refractivity contribution in [2.24, 2.45) is 0 Å². The minimum absolute atomic E-state index is 0.110. The maximum absolute atomic E-state index is 12.3. The van der Waals surface area contributed by atoms with Crippen molar-refractivity contribution in [3.63, 3.8) is 0 Å². The molecule has 0 atom stereocenters. The van der Waals surface area contributed by atoms with Crippen LogP contribution in [0.3, 0.4) is 0 Å². The summed E-state index contributed by atoms with van der Waals surface area (Å²) >= 11 is 7.37. The number of benzene rings is 1. The normalized spacial score (nSPS) is 14.9. The minimum atomic E-state index is -0.251. The molecule has 1 aromatic carbocycles. The average Bonchev–Trinajstić information content (AvgIpc) is 3.16. The average molecular weight is 393 g/mol. The fourth-order valence-electron chi connectivity index (χ4n) is 2.80. The Bertz CT molecular complexity index is 745. The summed E-state index contributed by atoms with van der Waals surface area (Å²) in [7, 11) is 0. The van der Waals surface area contributed by atoms with Crippen LogP contribution >= 0.6 is 22.9 Å². The van der Waals surface area contributed by atoms with Gasteiger partial charge in [0.25, 0.3) is 5.91 Å². The van der Waals surface area contributed by atoms with E-state index in [1.807, 2.05) is 22.4 Å². The first-order chi connectivity index (χ1) is 12.6. The molecule has 1 aliphatic heterocycles. The zero-order valence-electron chi connectivity index (χ0n) is 14.3. The van der Waals surface area contributed by atoms with E-state index >= 15 is 0 Å². The highest BCUT2D eigenvalue weighted by molar-refractivity contribution is 7.12. The monoisotopic (exact) mass is 392 g/mol. The first kappa shape index (κ1) is 18.7. The SMILES string of the molecule is O=C(NCCN1CCN(C(=O)c2cccs2)CC1)Nc1cccc(Cl)c1. The van der Waals surface area contributed by atoms with Crippen LogP contribution in [0, 0.1) is 0 Å². The quantitative estimate of drug-likeness (QED) is 0.822. The van der Waals surface area contributed by atoms with Crippen LogP contribution in [0.2, 0.25) is 5.02 Å². The summed E-state index contributed by atoms with van der Waals surface area (Å²) in [6.07, 6.45) is 0. The molecule has 0 unspecified atom stereocenters. The van der Waals surface area contributed by atoms with Crippen molar-refractivity contribution in [1.29, 1.82) is 0 Å². The third-order valence-electron chi connectivity index (χ3n) is 4.19. The van der Waals surface area contributed by atoms with Crippen molar-refractivity contribution in [3.8, 4) is 0 Å². The van der Waals surface area contributed by atoms with Gasteiger partial charge in [-0.3, -0.25) is 9.69 Å². The summed E-state index contributed by atoms with van der Waals surface area (Å²) in [5.41, 5.74) is 0.663. The van der Waals surface area contributed by atoms with Gasteiger partial charge in [0.05, 0.1) is 4.88 Å². The second-order valence-corrected chi connectivity index (χ2v) is 7.39. The number of thiophene rings is 1. The van der Waals surface area contributed by atoms with Gasteiger partial charge in [0, 0.05) is 50.0 Å². The highest BCUT2D eigenvalue weighted by atomic mass is 35.5. The Balaban J connectivity index is 1.35. The van der Waals surface area contributed by atoms with E-state index in [1.54, 1.807) is 24.3 Å². The first-order valence-electron chi connectivity index (χ1n) is 8.47. The maximum atomic E-state index is 12.3. The number of nitrogens with one attached hydrogen (secondary N) is 2. The molecule has 2 aromatic rings. The molecule has 8 heteroatoms. The number of carbonyl (C=O) groups is 2. The highest BCUT2D eigenvalue weighted by Crippen LogP contribution is 2.15. The second-order valence-electron chi connectivity index (χ2n) is 6.00. The molecule has 6 nitrogen and oxygen atoms in total. The van der Waals surface area contributed by atoms with Gasteiger partial charge in [-0.15, -0.1) is 11.3 Å². The smallest absolute Gasteiger partial charge is 0.319 e. The molecule has 3 rings (SSSR count). The largest absolute Gasteiger partial charge is 0.337 e. The van der Waals surface area contributed by atoms with E-state index in [-0.39, 0.29) is 11.9 Å². The molecule has 0 spiro atoms. The van der Waals surface area contributed by atoms with Crippen LogP contribution in [-0.4, -0.2) is 61.0 Å². The van der Waals surface area contributed by atoms with Crippen LogP contribution in [0.5, 0.6) is 0 Å². The molecule has 1 aromatic heterocycles. The Hall–Kier alpha value is -2.09. The number of urea groups is 1. The first-order valence-corrected chi connectivity index (χ1v) is 9.73. The summed E-state index contributed by atoms with van der Waals surface area (Å²) in [6.45, 7) is 4.36. The molecule has 2 N–H and O–H groups in total. The highest BCUT2D eigenvalue weighted by Gasteiger charge is 2.22. The van der Waals surface area contributed by atoms with E-state index in [4.69, 9.17) is 11.6 Å². The van der Waals surface area contributed by atoms with Crippen molar-refractivity contribution in [1.82, 2.24) is 15.1 Å². The lowest BCUT2D eigenvalue weighted by Crippen LogP contribution is -2.50. The molecule has 26 heavy (non-hydrogen) atoms. The minimum Gasteiger partial charge on any atom is -0.337 e. The van der Waals surface area contributed by atoms with Crippen LogP contribution in [0.25, 0.3) is 0 Å². The van der Waals surface area contributed by atoms with E-state index in [2.05, 4.69) is 15.5 Å². The van der Waals surface area contributed by atoms with E-state index in [0.29, 0.717) is 30.3 Å². The van der Waals surface area contributed by atoms with Gasteiger partial charge in [0.2, 0.25) is 0 Å². The molecule has 0 saturated carbocycles. The molecular weight excluding hydrogens is 372 g/mol. The Morgan fingerprint density at radius 2 is 1.92 bits per heavy atom. The number of nitrogens with zero attached hydrogens (tertiary/aromatic N) is 2. The summed E-state index contributed by atoms with van der Waals surface area (Å²) in [4.78, 5) is 29.1. The third-order valence-corrected chi connectivity index (χ3v) is 5.28. The molecule has 1 saturated heterocycles. The number of halogens is 1. The van der Waals surface area contributed by atoms with Gasteiger partial charge >= 0.3 is 6.03 Å². The molecule has 138 valence electrons. The van der Waals surface area contributed by atoms with E-state index in [1.165, 1.54) is 11.3 Å². The van der Waals surface area contributed by atoms with Crippen LogP contribution in [0.15, 0.2) is 41.8 Å². The standard InChI is InChI=1S/C18H21ClN4O2S/c19-14-3-1-4-15(13-14)21-18(25)20-6-7-22-8-10-23(11-9-22)17(24)16-5-2-12-26-16/h1-5,12-13H,6-11H2,(H2,20,21,25). The Morgan fingerprint density at radius 1 is 1.12 bits per heavy atom. The van der Waals surface area contributed by atoms with Crippen LogP contribution in [-0.2, 0) is 0 Å². The van der Waals surface area contributed by atoms with Gasteiger partial charge in [0.15, 0.2) is 0 Å². The van der Waals surface area contributed by atoms with Gasteiger partial charge in [-0.1, -0.05) is 23.7 Å². The molecule has 1 aliphatic rings. The van der Waals surface area contributed by atoms with Crippen molar-refractivity contribution < 1.29 is 9.59 Å². The van der Waals surface area contributed by atoms with E-state index in [0.717, 1.165) is 24.5 Å². The Labute approximate surface area is 161 Å². The number of rotatable bonds is 5. The fraction of sp³-hybridized carbons (Fsp3) is 0.333. The predicted octanol–water partition coefficient (Wildman–Crippen LogP) is 2.98. The maximum Gasteiger partial charge on any atom is 0.319 e. The lowest BCUT2D eigenvalue weighted by atomic mass is 10.3. The molecule has 3 amide bonds. The molecular formula is C18H21ClN4O2S. The van der Waals surface area contributed by atoms with Crippen LogP contribution in [0.4, 0.5) is 10.5 Å². The zero-order chi connectivity index (χ0) is 18.4. The van der Waals surface area contributed by atoms with Crippen LogP contribution in [0.1, 0.15) is 9.67 Å². The van der Waals surface area contributed by atoms with Gasteiger partial charge in [-0.05, 0) is 29.6 Å². The molecule has 2 heterocycles.